The molecule has 0 saturated heterocycles. The van der Waals surface area contributed by atoms with Crippen LogP contribution in [-0.4, -0.2) is 33.7 Å². The van der Waals surface area contributed by atoms with Crippen LogP contribution >= 0.6 is 0 Å². The summed E-state index contributed by atoms with van der Waals surface area (Å²) in [4.78, 5) is 25.9. The van der Waals surface area contributed by atoms with E-state index in [0.717, 1.165) is 6.07 Å². The molecular formula is C24H15NO8S2. The van der Waals surface area contributed by atoms with Gasteiger partial charge in [-0.25, -0.2) is 0 Å². The summed E-state index contributed by atoms with van der Waals surface area (Å²) in [6.45, 7) is 0. The van der Waals surface area contributed by atoms with Crippen LogP contribution in [0.1, 0.15) is 20.7 Å². The van der Waals surface area contributed by atoms with Crippen LogP contribution in [0.4, 0.5) is 0 Å². The molecule has 1 aliphatic heterocycles. The molecule has 0 saturated carbocycles. The maximum Gasteiger partial charge on any atom is 0.339 e. The molecule has 4 aromatic carbocycles. The van der Waals surface area contributed by atoms with Gasteiger partial charge in [-0.3, -0.25) is 9.59 Å². The molecule has 176 valence electrons. The lowest BCUT2D eigenvalue weighted by molar-refractivity contribution is -0.0155. The normalized spacial score (nSPS) is 13.8. The molecular weight excluding hydrogens is 494 g/mol. The molecule has 11 heteroatoms. The van der Waals surface area contributed by atoms with Crippen molar-refractivity contribution in [3.05, 3.63) is 102 Å². The topological polar surface area (TPSA) is 124 Å². The van der Waals surface area contributed by atoms with Crippen molar-refractivity contribution >= 4 is 42.8 Å². The number of carbonyl (C=O) groups is 2. The van der Waals surface area contributed by atoms with E-state index in [9.17, 15) is 26.4 Å². The molecule has 9 nitrogen and oxygen atoms in total. The predicted molar refractivity (Wildman–Crippen MR) is 123 cm³/mol. The number of hydrogen-bond donors (Lipinski definition) is 0. The Morgan fingerprint density at radius 3 is 1.80 bits per heavy atom. The van der Waals surface area contributed by atoms with Gasteiger partial charge in [-0.2, -0.15) is 16.8 Å². The molecule has 0 unspecified atom stereocenters. The van der Waals surface area contributed by atoms with Gasteiger partial charge in [0.2, 0.25) is 0 Å². The van der Waals surface area contributed by atoms with Crippen LogP contribution in [0.3, 0.4) is 0 Å². The van der Waals surface area contributed by atoms with Crippen molar-refractivity contribution in [3.8, 4) is 5.75 Å². The highest BCUT2D eigenvalue weighted by atomic mass is 32.2. The van der Waals surface area contributed by atoms with Crippen LogP contribution in [0.5, 0.6) is 5.75 Å². The number of nitrogens with zero attached hydrogens (tertiary/aromatic N) is 1. The van der Waals surface area contributed by atoms with Crippen LogP contribution in [0.15, 0.2) is 101 Å². The van der Waals surface area contributed by atoms with E-state index in [1.165, 1.54) is 66.7 Å². The molecule has 0 spiro atoms. The predicted octanol–water partition coefficient (Wildman–Crippen LogP) is 3.52. The van der Waals surface area contributed by atoms with Crippen LogP contribution in [0.2, 0.25) is 0 Å². The van der Waals surface area contributed by atoms with E-state index in [4.69, 9.17) is 8.47 Å². The zero-order chi connectivity index (χ0) is 24.8. The van der Waals surface area contributed by atoms with Gasteiger partial charge in [0.1, 0.15) is 10.6 Å². The van der Waals surface area contributed by atoms with Gasteiger partial charge in [0.05, 0.1) is 16.0 Å². The lowest BCUT2D eigenvalue weighted by atomic mass is 9.95. The summed E-state index contributed by atoms with van der Waals surface area (Å²) in [6.07, 6.45) is 0. The summed E-state index contributed by atoms with van der Waals surface area (Å²) in [7, 11) is -8.74. The second kappa shape index (κ2) is 8.31. The van der Waals surface area contributed by atoms with Gasteiger partial charge in [0, 0.05) is 5.39 Å². The number of benzene rings is 4. The first-order valence-corrected chi connectivity index (χ1v) is 12.9. The molecule has 0 aliphatic carbocycles. The van der Waals surface area contributed by atoms with Gasteiger partial charge >= 0.3 is 20.2 Å². The van der Waals surface area contributed by atoms with Crippen LogP contribution in [-0.2, 0) is 24.5 Å². The monoisotopic (exact) mass is 509 g/mol. The van der Waals surface area contributed by atoms with Crippen molar-refractivity contribution in [3.63, 3.8) is 0 Å². The first-order chi connectivity index (χ1) is 16.7. The third-order valence-corrected chi connectivity index (χ3v) is 7.68. The zero-order valence-corrected chi connectivity index (χ0v) is 19.3. The molecule has 4 aromatic rings. The Labute approximate surface area is 200 Å². The van der Waals surface area contributed by atoms with Gasteiger partial charge in [0.25, 0.3) is 11.8 Å². The molecule has 0 bridgehead atoms. The fourth-order valence-electron chi connectivity index (χ4n) is 3.66. The third kappa shape index (κ3) is 4.05. The van der Waals surface area contributed by atoms with Crippen molar-refractivity contribution < 1.29 is 34.9 Å². The molecule has 2 amide bonds. The van der Waals surface area contributed by atoms with E-state index < -0.39 is 32.1 Å². The van der Waals surface area contributed by atoms with Crippen molar-refractivity contribution in [2.75, 3.05) is 0 Å². The Hall–Kier alpha value is -4.06. The first kappa shape index (κ1) is 22.7. The minimum Gasteiger partial charge on any atom is -0.379 e. The molecule has 0 fully saturated rings. The minimum absolute atomic E-state index is 0.0119. The quantitative estimate of drug-likeness (QED) is 0.286. The van der Waals surface area contributed by atoms with Crippen LogP contribution in [0.25, 0.3) is 10.8 Å². The number of amides is 2. The Morgan fingerprint density at radius 2 is 1.17 bits per heavy atom. The van der Waals surface area contributed by atoms with E-state index in [1.807, 2.05) is 0 Å². The van der Waals surface area contributed by atoms with Gasteiger partial charge in [-0.15, -0.1) is 9.35 Å². The standard InChI is InChI=1S/C24H15NO8S2/c26-23-20-13-7-8-16-14-17(32-34(28,29)18-9-3-1-4-10-18)15-21(22(16)20)24(27)25(23)33-35(30,31)19-11-5-2-6-12-19/h1-15H. The molecule has 0 radical (unpaired) electrons. The van der Waals surface area contributed by atoms with Crippen molar-refractivity contribution in [2.45, 2.75) is 9.79 Å². The summed E-state index contributed by atoms with van der Waals surface area (Å²) in [5, 5.41) is 0.726. The van der Waals surface area contributed by atoms with Gasteiger partial charge in [0.15, 0.2) is 0 Å². The van der Waals surface area contributed by atoms with Crippen LogP contribution < -0.4 is 4.18 Å². The fourth-order valence-corrected chi connectivity index (χ4v) is 5.51. The lowest BCUT2D eigenvalue weighted by Gasteiger charge is -2.25. The molecule has 5 rings (SSSR count). The Kier molecular flexibility index (Phi) is 5.39. The fraction of sp³-hybridized carbons (Fsp3) is 0. The summed E-state index contributed by atoms with van der Waals surface area (Å²) in [5.41, 5.74) is -0.142. The Morgan fingerprint density at radius 1 is 0.600 bits per heavy atom. The molecule has 0 atom stereocenters. The van der Waals surface area contributed by atoms with Crippen LogP contribution in [0, 0.1) is 0 Å². The molecule has 0 aromatic heterocycles. The van der Waals surface area contributed by atoms with Crippen molar-refractivity contribution in [2.24, 2.45) is 0 Å². The van der Waals surface area contributed by atoms with E-state index in [1.54, 1.807) is 18.2 Å². The minimum atomic E-state index is -4.52. The first-order valence-electron chi connectivity index (χ1n) is 10.1. The number of rotatable bonds is 6. The summed E-state index contributed by atoms with van der Waals surface area (Å²) >= 11 is 0. The van der Waals surface area contributed by atoms with Gasteiger partial charge < -0.3 is 4.18 Å². The number of imide groups is 1. The molecule has 35 heavy (non-hydrogen) atoms. The van der Waals surface area contributed by atoms with Gasteiger partial charge in [-0.1, -0.05) is 48.5 Å². The molecule has 1 heterocycles. The number of hydroxylamine groups is 2. The maximum atomic E-state index is 13.2. The Bertz CT molecular complexity index is 1700. The average molecular weight is 510 g/mol. The van der Waals surface area contributed by atoms with E-state index in [0.29, 0.717) is 5.39 Å². The summed E-state index contributed by atoms with van der Waals surface area (Å²) in [6, 6.07) is 21.4. The largest absolute Gasteiger partial charge is 0.379 e. The average Bonchev–Trinajstić information content (AvgIpc) is 2.85. The summed E-state index contributed by atoms with van der Waals surface area (Å²) in [5.74, 6) is -2.25. The second-order valence-electron chi connectivity index (χ2n) is 7.47. The molecule has 1 aliphatic rings. The van der Waals surface area contributed by atoms with E-state index in [-0.39, 0.29) is 37.1 Å². The third-order valence-electron chi connectivity index (χ3n) is 5.22. The van der Waals surface area contributed by atoms with Crippen molar-refractivity contribution in [1.29, 1.82) is 0 Å². The Balaban J connectivity index is 1.58. The smallest absolute Gasteiger partial charge is 0.339 e. The SMILES string of the molecule is O=C1c2cccc3cc(OS(=O)(=O)c4ccccc4)cc(c23)C(=O)N1OS(=O)(=O)c1ccccc1. The highest BCUT2D eigenvalue weighted by Gasteiger charge is 2.38. The number of hydrogen-bond acceptors (Lipinski definition) is 8. The summed E-state index contributed by atoms with van der Waals surface area (Å²) < 4.78 is 60.9. The van der Waals surface area contributed by atoms with Gasteiger partial charge in [-0.05, 0) is 47.9 Å². The second-order valence-corrected chi connectivity index (χ2v) is 10.5. The number of carbonyl (C=O) groups excluding carboxylic acids is 2. The zero-order valence-electron chi connectivity index (χ0n) is 17.7. The highest BCUT2D eigenvalue weighted by molar-refractivity contribution is 7.87. The van der Waals surface area contributed by atoms with E-state index in [2.05, 4.69) is 0 Å². The van der Waals surface area contributed by atoms with E-state index >= 15 is 0 Å². The molecule has 0 N–H and O–H groups in total. The van der Waals surface area contributed by atoms with Crippen molar-refractivity contribution in [1.82, 2.24) is 5.06 Å². The maximum absolute atomic E-state index is 13.2. The highest BCUT2D eigenvalue weighted by Crippen LogP contribution is 2.35. The lowest BCUT2D eigenvalue weighted by Crippen LogP contribution is -2.41.